The van der Waals surface area contributed by atoms with E-state index in [-0.39, 0.29) is 0 Å². The quantitative estimate of drug-likeness (QED) is 0.514. The van der Waals surface area contributed by atoms with Crippen molar-refractivity contribution in [3.05, 3.63) is 42.5 Å². The lowest BCUT2D eigenvalue weighted by molar-refractivity contribution is 0.560. The van der Waals surface area contributed by atoms with Crippen LogP contribution >= 0.6 is 0 Å². The van der Waals surface area contributed by atoms with Crippen molar-refractivity contribution in [3.63, 3.8) is 0 Å². The highest BCUT2D eigenvalue weighted by atomic mass is 19.1. The summed E-state index contributed by atoms with van der Waals surface area (Å²) in [5.41, 5.74) is 5.87. The maximum absolute atomic E-state index is 12.8. The number of nitrogens with zero attached hydrogens (tertiary/aromatic N) is 1. The fourth-order valence-corrected chi connectivity index (χ4v) is 0.774. The standard InChI is InChI=1S/C8H9FN2/c1-2-7(10)6-4-3-5-11-8(6)9/h2-5,7H,1,10H2/t7-/m1/s1. The number of nitrogens with two attached hydrogens (primary N) is 1. The van der Waals surface area contributed by atoms with Gasteiger partial charge in [0.15, 0.2) is 0 Å². The van der Waals surface area contributed by atoms with Gasteiger partial charge in [-0.05, 0) is 6.07 Å². The van der Waals surface area contributed by atoms with Crippen LogP contribution in [-0.4, -0.2) is 4.98 Å². The van der Waals surface area contributed by atoms with Gasteiger partial charge in [0.2, 0.25) is 5.95 Å². The predicted octanol–water partition coefficient (Wildman–Crippen LogP) is 1.41. The largest absolute Gasteiger partial charge is 0.321 e. The third kappa shape index (κ3) is 1.62. The minimum absolute atomic E-state index is 0.377. The van der Waals surface area contributed by atoms with Crippen LogP contribution in [0.1, 0.15) is 11.6 Å². The Morgan fingerprint density at radius 2 is 2.45 bits per heavy atom. The third-order valence-corrected chi connectivity index (χ3v) is 1.40. The van der Waals surface area contributed by atoms with Gasteiger partial charge in [-0.3, -0.25) is 0 Å². The van der Waals surface area contributed by atoms with Crippen molar-refractivity contribution in [2.24, 2.45) is 5.73 Å². The van der Waals surface area contributed by atoms with Crippen molar-refractivity contribution in [1.29, 1.82) is 0 Å². The first-order chi connectivity index (χ1) is 5.25. The highest BCUT2D eigenvalue weighted by Gasteiger charge is 2.06. The van der Waals surface area contributed by atoms with Crippen molar-refractivity contribution >= 4 is 0 Å². The fourth-order valence-electron chi connectivity index (χ4n) is 0.774. The molecule has 0 fully saturated rings. The summed E-state index contributed by atoms with van der Waals surface area (Å²) >= 11 is 0. The zero-order valence-electron chi connectivity index (χ0n) is 6.00. The van der Waals surface area contributed by atoms with Crippen LogP contribution in [0.4, 0.5) is 4.39 Å². The van der Waals surface area contributed by atoms with Crippen LogP contribution in [0.15, 0.2) is 31.0 Å². The second-order valence-electron chi connectivity index (χ2n) is 2.14. The lowest BCUT2D eigenvalue weighted by atomic mass is 10.1. The van der Waals surface area contributed by atoms with E-state index in [1.54, 1.807) is 12.1 Å². The van der Waals surface area contributed by atoms with E-state index in [1.807, 2.05) is 0 Å². The van der Waals surface area contributed by atoms with Crippen LogP contribution < -0.4 is 5.73 Å². The Hall–Kier alpha value is -1.22. The van der Waals surface area contributed by atoms with Crippen LogP contribution in [-0.2, 0) is 0 Å². The lowest BCUT2D eigenvalue weighted by Crippen LogP contribution is -2.09. The molecule has 0 saturated heterocycles. The molecule has 3 heteroatoms. The zero-order valence-corrected chi connectivity index (χ0v) is 6.00. The van der Waals surface area contributed by atoms with Crippen molar-refractivity contribution in [2.75, 3.05) is 0 Å². The summed E-state index contributed by atoms with van der Waals surface area (Å²) in [7, 11) is 0. The van der Waals surface area contributed by atoms with Gasteiger partial charge in [-0.2, -0.15) is 4.39 Å². The molecule has 1 heterocycles. The topological polar surface area (TPSA) is 38.9 Å². The normalized spacial score (nSPS) is 12.5. The molecule has 1 rings (SSSR count). The zero-order chi connectivity index (χ0) is 8.27. The van der Waals surface area contributed by atoms with E-state index in [0.29, 0.717) is 5.56 Å². The maximum atomic E-state index is 12.8. The van der Waals surface area contributed by atoms with E-state index in [9.17, 15) is 4.39 Å². The molecular weight excluding hydrogens is 143 g/mol. The average Bonchev–Trinajstić information content (AvgIpc) is 2.04. The molecule has 0 amide bonds. The average molecular weight is 152 g/mol. The fraction of sp³-hybridized carbons (Fsp3) is 0.125. The Kier molecular flexibility index (Phi) is 2.33. The van der Waals surface area contributed by atoms with Gasteiger partial charge in [0.1, 0.15) is 0 Å². The highest BCUT2D eigenvalue weighted by Crippen LogP contribution is 2.12. The number of aromatic nitrogens is 1. The maximum Gasteiger partial charge on any atom is 0.217 e. The minimum atomic E-state index is -0.528. The molecule has 1 aromatic heterocycles. The van der Waals surface area contributed by atoms with Crippen LogP contribution in [0.5, 0.6) is 0 Å². The van der Waals surface area contributed by atoms with Crippen LogP contribution in [0.3, 0.4) is 0 Å². The molecule has 0 spiro atoms. The van der Waals surface area contributed by atoms with Gasteiger partial charge in [-0.15, -0.1) is 6.58 Å². The van der Waals surface area contributed by atoms with E-state index in [4.69, 9.17) is 5.73 Å². The SMILES string of the molecule is C=C[C@@H](N)c1cccnc1F. The van der Waals surface area contributed by atoms with Gasteiger partial charge in [-0.1, -0.05) is 12.1 Å². The third-order valence-electron chi connectivity index (χ3n) is 1.40. The number of pyridine rings is 1. The molecule has 0 radical (unpaired) electrons. The molecule has 2 nitrogen and oxygen atoms in total. The van der Waals surface area contributed by atoms with Gasteiger partial charge >= 0.3 is 0 Å². The van der Waals surface area contributed by atoms with Gasteiger partial charge < -0.3 is 5.73 Å². The summed E-state index contributed by atoms with van der Waals surface area (Å²) in [4.78, 5) is 3.45. The second kappa shape index (κ2) is 3.25. The van der Waals surface area contributed by atoms with Crippen molar-refractivity contribution < 1.29 is 4.39 Å². The van der Waals surface area contributed by atoms with E-state index < -0.39 is 12.0 Å². The number of rotatable bonds is 2. The molecule has 0 aliphatic carbocycles. The first kappa shape index (κ1) is 7.88. The Morgan fingerprint density at radius 3 is 3.00 bits per heavy atom. The molecule has 2 N–H and O–H groups in total. The first-order valence-corrected chi connectivity index (χ1v) is 3.24. The van der Waals surface area contributed by atoms with E-state index >= 15 is 0 Å². The molecule has 58 valence electrons. The Balaban J connectivity index is 3.02. The molecule has 11 heavy (non-hydrogen) atoms. The molecule has 1 atom stereocenters. The number of hydrogen-bond acceptors (Lipinski definition) is 2. The molecule has 0 saturated carbocycles. The first-order valence-electron chi connectivity index (χ1n) is 3.24. The predicted molar refractivity (Wildman–Crippen MR) is 41.3 cm³/mol. The van der Waals surface area contributed by atoms with E-state index in [2.05, 4.69) is 11.6 Å². The van der Waals surface area contributed by atoms with Crippen LogP contribution in [0, 0.1) is 5.95 Å². The Bertz CT molecular complexity index is 260. The van der Waals surface area contributed by atoms with Crippen molar-refractivity contribution in [1.82, 2.24) is 4.98 Å². The summed E-state index contributed by atoms with van der Waals surface area (Å²) in [6.07, 6.45) is 2.86. The number of hydrogen-bond donors (Lipinski definition) is 1. The molecule has 0 unspecified atom stereocenters. The molecule has 0 aliphatic rings. The molecule has 0 aromatic carbocycles. The highest BCUT2D eigenvalue weighted by molar-refractivity contribution is 5.18. The van der Waals surface area contributed by atoms with Crippen molar-refractivity contribution in [3.8, 4) is 0 Å². The van der Waals surface area contributed by atoms with Crippen LogP contribution in [0.25, 0.3) is 0 Å². The summed E-state index contributed by atoms with van der Waals surface area (Å²) in [5, 5.41) is 0. The van der Waals surface area contributed by atoms with Crippen molar-refractivity contribution in [2.45, 2.75) is 6.04 Å². The molecule has 0 aliphatic heterocycles. The minimum Gasteiger partial charge on any atom is -0.321 e. The Morgan fingerprint density at radius 1 is 1.73 bits per heavy atom. The summed E-state index contributed by atoms with van der Waals surface area (Å²) < 4.78 is 12.8. The van der Waals surface area contributed by atoms with Crippen LogP contribution in [0.2, 0.25) is 0 Å². The smallest absolute Gasteiger partial charge is 0.217 e. The molecule has 1 aromatic rings. The molecule has 0 bridgehead atoms. The lowest BCUT2D eigenvalue weighted by Gasteiger charge is -2.05. The van der Waals surface area contributed by atoms with E-state index in [1.165, 1.54) is 12.3 Å². The second-order valence-corrected chi connectivity index (χ2v) is 2.14. The summed E-state index contributed by atoms with van der Waals surface area (Å²) in [6, 6.07) is 2.76. The molecular formula is C8H9FN2. The van der Waals surface area contributed by atoms with Gasteiger partial charge in [0.05, 0.1) is 6.04 Å². The van der Waals surface area contributed by atoms with Gasteiger partial charge in [0, 0.05) is 11.8 Å². The van der Waals surface area contributed by atoms with E-state index in [0.717, 1.165) is 0 Å². The summed E-state index contributed by atoms with van der Waals surface area (Å²) in [6.45, 7) is 3.46. The Labute approximate surface area is 64.6 Å². The van der Waals surface area contributed by atoms with Gasteiger partial charge in [-0.25, -0.2) is 4.98 Å². The summed E-state index contributed by atoms with van der Waals surface area (Å²) in [5.74, 6) is -0.528. The monoisotopic (exact) mass is 152 g/mol. The number of halogens is 1. The van der Waals surface area contributed by atoms with Gasteiger partial charge in [0.25, 0.3) is 0 Å².